The molecule has 2 aromatic heterocycles. The highest BCUT2D eigenvalue weighted by Crippen LogP contribution is 2.42. The predicted octanol–water partition coefficient (Wildman–Crippen LogP) is 9.33. The molecular weight excluding hydrogens is 534 g/mol. The quantitative estimate of drug-likeness (QED) is 0.201. The third-order valence-corrected chi connectivity index (χ3v) is 7.71. The van der Waals surface area contributed by atoms with Gasteiger partial charge in [0.2, 0.25) is 5.88 Å². The zero-order valence-corrected chi connectivity index (χ0v) is 23.7. The summed E-state index contributed by atoms with van der Waals surface area (Å²) in [4.78, 5) is 4.72. The van der Waals surface area contributed by atoms with Gasteiger partial charge in [-0.25, -0.2) is 4.99 Å². The summed E-state index contributed by atoms with van der Waals surface area (Å²) in [5, 5.41) is 10.2. The summed E-state index contributed by atoms with van der Waals surface area (Å²) in [6, 6.07) is 27.1. The maximum absolute atomic E-state index is 10.2. The minimum Gasteiger partial charge on any atom is -0.436 e. The summed E-state index contributed by atoms with van der Waals surface area (Å²) >= 11 is 3.65. The number of rotatable bonds is 5. The topological polar surface area (TPSA) is 54.2 Å². The van der Waals surface area contributed by atoms with Gasteiger partial charge in [-0.2, -0.15) is 5.26 Å². The molecule has 0 atom stereocenters. The van der Waals surface area contributed by atoms with Gasteiger partial charge in [-0.1, -0.05) is 81.7 Å². The van der Waals surface area contributed by atoms with E-state index in [0.717, 1.165) is 54.9 Å². The Morgan fingerprint density at radius 2 is 1.47 bits per heavy atom. The highest BCUT2D eigenvalue weighted by atomic mass is 79.9. The minimum atomic E-state index is 0.307. The van der Waals surface area contributed by atoms with Gasteiger partial charge in [0.1, 0.15) is 17.4 Å². The number of hydrogen-bond acceptors (Lipinski definition) is 3. The van der Waals surface area contributed by atoms with Crippen molar-refractivity contribution >= 4 is 28.0 Å². The predicted molar refractivity (Wildman–Crippen MR) is 159 cm³/mol. The van der Waals surface area contributed by atoms with Crippen LogP contribution >= 0.6 is 15.9 Å². The largest absolute Gasteiger partial charge is 0.436 e. The maximum atomic E-state index is 10.2. The molecule has 0 unspecified atom stereocenters. The number of nitrogens with zero attached hydrogens (tertiary/aromatic N) is 3. The van der Waals surface area contributed by atoms with E-state index in [-0.39, 0.29) is 0 Å². The minimum absolute atomic E-state index is 0.307. The van der Waals surface area contributed by atoms with E-state index in [0.29, 0.717) is 17.2 Å². The number of aromatic nitrogens is 1. The van der Waals surface area contributed by atoms with Gasteiger partial charge in [-0.05, 0) is 63.9 Å². The molecule has 5 heteroatoms. The van der Waals surface area contributed by atoms with E-state index in [1.807, 2.05) is 55.5 Å². The Kier molecular flexibility index (Phi) is 6.93. The summed E-state index contributed by atoms with van der Waals surface area (Å²) in [5.41, 5.74) is 10.7. The Morgan fingerprint density at radius 1 is 0.842 bits per heavy atom. The number of furan rings is 1. The van der Waals surface area contributed by atoms with Crippen molar-refractivity contribution in [1.29, 1.82) is 5.26 Å². The van der Waals surface area contributed by atoms with E-state index >= 15 is 0 Å². The van der Waals surface area contributed by atoms with Crippen LogP contribution < -0.4 is 0 Å². The normalized spacial score (nSPS) is 11.3. The first-order chi connectivity index (χ1) is 18.3. The Bertz CT molecular complexity index is 1710. The second-order valence-electron chi connectivity index (χ2n) is 9.68. The molecule has 0 aliphatic rings. The van der Waals surface area contributed by atoms with E-state index in [2.05, 4.69) is 78.5 Å². The van der Waals surface area contributed by atoms with Gasteiger partial charge < -0.3 is 8.98 Å². The summed E-state index contributed by atoms with van der Waals surface area (Å²) in [7, 11) is 0. The first-order valence-electron chi connectivity index (χ1n) is 12.5. The van der Waals surface area contributed by atoms with Crippen LogP contribution in [0.25, 0.3) is 28.1 Å². The molecule has 0 saturated carbocycles. The second kappa shape index (κ2) is 10.3. The van der Waals surface area contributed by atoms with Crippen molar-refractivity contribution in [3.63, 3.8) is 0 Å². The first kappa shape index (κ1) is 25.5. The molecule has 0 aliphatic carbocycles. The van der Waals surface area contributed by atoms with Gasteiger partial charge in [0, 0.05) is 44.5 Å². The zero-order valence-electron chi connectivity index (χ0n) is 22.1. The Morgan fingerprint density at radius 3 is 2.08 bits per heavy atom. The highest BCUT2D eigenvalue weighted by molar-refractivity contribution is 9.10. The van der Waals surface area contributed by atoms with Crippen LogP contribution in [-0.4, -0.2) is 10.8 Å². The maximum Gasteiger partial charge on any atom is 0.238 e. The molecule has 3 aromatic carbocycles. The lowest BCUT2D eigenvalue weighted by molar-refractivity contribution is 0.593. The van der Waals surface area contributed by atoms with Crippen molar-refractivity contribution in [3.8, 4) is 34.2 Å². The smallest absolute Gasteiger partial charge is 0.238 e. The van der Waals surface area contributed by atoms with Crippen LogP contribution in [-0.2, 0) is 0 Å². The van der Waals surface area contributed by atoms with Crippen LogP contribution in [0.1, 0.15) is 39.2 Å². The van der Waals surface area contributed by atoms with Gasteiger partial charge in [-0.15, -0.1) is 0 Å². The molecule has 188 valence electrons. The van der Waals surface area contributed by atoms with Crippen LogP contribution in [0.4, 0.5) is 5.88 Å². The van der Waals surface area contributed by atoms with Gasteiger partial charge in [-0.3, -0.25) is 0 Å². The molecule has 0 saturated heterocycles. The number of halogens is 1. The molecule has 5 rings (SSSR count). The van der Waals surface area contributed by atoms with Gasteiger partial charge in [0.25, 0.3) is 0 Å². The monoisotopic (exact) mass is 561 g/mol. The fraction of sp³-hybridized carbons (Fsp3) is 0.152. The summed E-state index contributed by atoms with van der Waals surface area (Å²) in [5.74, 6) is 0.953. The van der Waals surface area contributed by atoms with E-state index in [9.17, 15) is 5.26 Å². The van der Waals surface area contributed by atoms with Gasteiger partial charge >= 0.3 is 0 Å². The molecule has 2 heterocycles. The zero-order chi connectivity index (χ0) is 27.0. The molecule has 0 aliphatic heterocycles. The van der Waals surface area contributed by atoms with E-state index in [4.69, 9.17) is 9.41 Å². The lowest BCUT2D eigenvalue weighted by Crippen LogP contribution is -2.00. The van der Waals surface area contributed by atoms with Crippen LogP contribution in [0.3, 0.4) is 0 Å². The Hall–Kier alpha value is -4.14. The molecule has 5 aromatic rings. The average molecular weight is 563 g/mol. The average Bonchev–Trinajstić information content (AvgIpc) is 3.41. The molecule has 0 bridgehead atoms. The first-order valence-corrected chi connectivity index (χ1v) is 13.3. The van der Waals surface area contributed by atoms with Crippen molar-refractivity contribution in [3.05, 3.63) is 116 Å². The third kappa shape index (κ3) is 4.76. The fourth-order valence-electron chi connectivity index (χ4n) is 4.68. The molecule has 0 radical (unpaired) electrons. The second-order valence-corrected chi connectivity index (χ2v) is 10.5. The number of nitriles is 1. The lowest BCUT2D eigenvalue weighted by Gasteiger charge is -2.11. The SMILES string of the molecule is Cc1ccc(-c2oc(N=Cc3cc(C)n(-c4ccc(C)c(Br)c4)c3C)c(C#N)c2-c2ccc(C)cc2)cc1. The number of aryl methyl sites for hydroxylation is 4. The summed E-state index contributed by atoms with van der Waals surface area (Å²) in [6.45, 7) is 10.3. The van der Waals surface area contributed by atoms with Crippen molar-refractivity contribution < 1.29 is 4.42 Å². The molecule has 4 nitrogen and oxygen atoms in total. The molecule has 0 fully saturated rings. The lowest BCUT2D eigenvalue weighted by atomic mass is 9.97. The van der Waals surface area contributed by atoms with Crippen LogP contribution in [0.5, 0.6) is 0 Å². The standard InChI is InChI=1S/C33H28BrN3O/c1-20-6-11-25(12-7-20)31-29(18-35)33(38-32(31)26-13-8-21(2)9-14-26)36-19-27-16-23(4)37(24(27)5)28-15-10-22(3)30(34)17-28/h6-17,19H,1-5H3. The van der Waals surface area contributed by atoms with Crippen LogP contribution in [0, 0.1) is 45.9 Å². The molecule has 0 amide bonds. The van der Waals surface area contributed by atoms with Crippen molar-refractivity contribution in [2.24, 2.45) is 4.99 Å². The summed E-state index contributed by atoms with van der Waals surface area (Å²) in [6.07, 6.45) is 1.79. The molecule has 0 N–H and O–H groups in total. The van der Waals surface area contributed by atoms with Crippen molar-refractivity contribution in [2.75, 3.05) is 0 Å². The number of benzene rings is 3. The third-order valence-electron chi connectivity index (χ3n) is 6.86. The molecular formula is C33H28BrN3O. The Balaban J connectivity index is 1.62. The Labute approximate surface area is 232 Å². The van der Waals surface area contributed by atoms with E-state index in [1.54, 1.807) is 6.21 Å². The number of aliphatic imine (C=N–C) groups is 1. The van der Waals surface area contributed by atoms with Gasteiger partial charge in [0.15, 0.2) is 0 Å². The molecule has 0 spiro atoms. The molecule has 38 heavy (non-hydrogen) atoms. The fourth-order valence-corrected chi connectivity index (χ4v) is 5.05. The van der Waals surface area contributed by atoms with E-state index in [1.165, 1.54) is 5.56 Å². The van der Waals surface area contributed by atoms with Gasteiger partial charge in [0.05, 0.1) is 0 Å². The van der Waals surface area contributed by atoms with Crippen LogP contribution in [0.15, 0.2) is 86.7 Å². The van der Waals surface area contributed by atoms with Crippen LogP contribution in [0.2, 0.25) is 0 Å². The van der Waals surface area contributed by atoms with Crippen molar-refractivity contribution in [1.82, 2.24) is 4.57 Å². The number of hydrogen-bond donors (Lipinski definition) is 0. The van der Waals surface area contributed by atoms with Crippen molar-refractivity contribution in [2.45, 2.75) is 34.6 Å². The summed E-state index contributed by atoms with van der Waals surface area (Å²) < 4.78 is 9.60. The highest BCUT2D eigenvalue weighted by Gasteiger charge is 2.23. The van der Waals surface area contributed by atoms with E-state index < -0.39 is 0 Å².